The maximum Gasteiger partial charge on any atom is 0.306 e. The third-order valence-corrected chi connectivity index (χ3v) is 5.64. The highest BCUT2D eigenvalue weighted by molar-refractivity contribution is 7.18. The minimum absolute atomic E-state index is 0.00328. The number of thiazole rings is 1. The molecule has 0 fully saturated rings. The summed E-state index contributed by atoms with van der Waals surface area (Å²) in [6, 6.07) is 9.33. The van der Waals surface area contributed by atoms with Crippen LogP contribution >= 0.6 is 34.3 Å². The van der Waals surface area contributed by atoms with Gasteiger partial charge in [-0.05, 0) is 36.4 Å². The lowest BCUT2D eigenvalue weighted by Crippen LogP contribution is -2.07. The van der Waals surface area contributed by atoms with Gasteiger partial charge in [-0.1, -0.05) is 11.6 Å². The van der Waals surface area contributed by atoms with Gasteiger partial charge in [0, 0.05) is 17.4 Å². The van der Waals surface area contributed by atoms with Crippen LogP contribution in [0.15, 0.2) is 41.8 Å². The smallest absolute Gasteiger partial charge is 0.306 e. The lowest BCUT2D eigenvalue weighted by molar-refractivity contribution is -0.145. The number of halogens is 2. The second-order valence-electron chi connectivity index (χ2n) is 5.34. The highest BCUT2D eigenvalue weighted by Crippen LogP contribution is 2.25. The summed E-state index contributed by atoms with van der Waals surface area (Å²) in [5, 5.41) is 2.51. The summed E-state index contributed by atoms with van der Waals surface area (Å²) >= 11 is 8.37. The van der Waals surface area contributed by atoms with Gasteiger partial charge in [-0.25, -0.2) is 9.37 Å². The molecule has 0 aliphatic rings. The molecule has 0 atom stereocenters. The first-order valence-electron chi connectivity index (χ1n) is 7.66. The molecule has 1 aromatic carbocycles. The van der Waals surface area contributed by atoms with Crippen LogP contribution in [0.4, 0.5) is 4.39 Å². The third-order valence-electron chi connectivity index (χ3n) is 3.43. The minimum atomic E-state index is -0.461. The van der Waals surface area contributed by atoms with Gasteiger partial charge >= 0.3 is 5.97 Å². The van der Waals surface area contributed by atoms with Gasteiger partial charge in [-0.2, -0.15) is 0 Å². The van der Waals surface area contributed by atoms with E-state index in [1.807, 2.05) is 0 Å². The first-order valence-corrected chi connectivity index (χ1v) is 9.73. The van der Waals surface area contributed by atoms with Crippen LogP contribution in [-0.2, 0) is 16.1 Å². The van der Waals surface area contributed by atoms with Crippen molar-refractivity contribution in [2.75, 3.05) is 0 Å². The van der Waals surface area contributed by atoms with Crippen molar-refractivity contribution in [3.8, 4) is 10.6 Å². The second kappa shape index (κ2) is 8.53. The van der Waals surface area contributed by atoms with E-state index in [0.717, 1.165) is 10.6 Å². The van der Waals surface area contributed by atoms with Gasteiger partial charge in [-0.15, -0.1) is 22.7 Å². The fourth-order valence-corrected chi connectivity index (χ4v) is 3.95. The molecule has 134 valence electrons. The van der Waals surface area contributed by atoms with E-state index in [-0.39, 0.29) is 31.0 Å². The van der Waals surface area contributed by atoms with Gasteiger partial charge in [-0.3, -0.25) is 9.59 Å². The number of aromatic nitrogens is 1. The second-order valence-corrected chi connectivity index (χ2v) is 7.91. The number of nitrogens with zero attached hydrogens (tertiary/aromatic N) is 1. The molecule has 0 bridgehead atoms. The van der Waals surface area contributed by atoms with Crippen molar-refractivity contribution >= 4 is 46.0 Å². The van der Waals surface area contributed by atoms with Crippen LogP contribution < -0.4 is 0 Å². The molecule has 0 amide bonds. The highest BCUT2D eigenvalue weighted by Gasteiger charge is 2.13. The van der Waals surface area contributed by atoms with Crippen LogP contribution in [0.3, 0.4) is 0 Å². The van der Waals surface area contributed by atoms with E-state index in [2.05, 4.69) is 4.98 Å². The van der Waals surface area contributed by atoms with Crippen molar-refractivity contribution in [1.82, 2.24) is 4.98 Å². The molecular weight excluding hydrogens is 397 g/mol. The fourth-order valence-electron chi connectivity index (χ4n) is 2.13. The topological polar surface area (TPSA) is 56.3 Å². The Morgan fingerprint density at radius 3 is 2.58 bits per heavy atom. The normalized spacial score (nSPS) is 10.7. The number of ketones is 1. The van der Waals surface area contributed by atoms with Gasteiger partial charge in [0.25, 0.3) is 0 Å². The molecule has 0 radical (unpaired) electrons. The first-order chi connectivity index (χ1) is 12.5. The molecule has 0 spiro atoms. The van der Waals surface area contributed by atoms with Gasteiger partial charge in [0.05, 0.1) is 21.3 Å². The summed E-state index contributed by atoms with van der Waals surface area (Å²) in [4.78, 5) is 28.6. The van der Waals surface area contributed by atoms with Crippen molar-refractivity contribution in [1.29, 1.82) is 0 Å². The Bertz CT molecular complexity index is 921. The molecule has 0 aliphatic heterocycles. The van der Waals surface area contributed by atoms with Crippen molar-refractivity contribution in [2.45, 2.75) is 19.4 Å². The minimum Gasteiger partial charge on any atom is -0.459 e. The van der Waals surface area contributed by atoms with Crippen molar-refractivity contribution in [3.63, 3.8) is 0 Å². The van der Waals surface area contributed by atoms with Gasteiger partial charge in [0.15, 0.2) is 5.78 Å². The van der Waals surface area contributed by atoms with Crippen LogP contribution in [-0.4, -0.2) is 16.7 Å². The predicted octanol–water partition coefficient (Wildman–Crippen LogP) is 5.37. The number of hydrogen-bond donors (Lipinski definition) is 0. The number of ether oxygens (including phenoxy) is 1. The lowest BCUT2D eigenvalue weighted by atomic mass is 10.2. The Balaban J connectivity index is 1.47. The Hall–Kier alpha value is -2.09. The number of rotatable bonds is 7. The van der Waals surface area contributed by atoms with Crippen LogP contribution in [0, 0.1) is 5.82 Å². The standard InChI is InChI=1S/C18H13ClFNO3S2/c19-16-7-6-15(26-16)14(22)5-8-17(23)24-9-13-10-25-18(21-13)11-1-3-12(20)4-2-11/h1-4,6-7,10H,5,8-9H2. The Morgan fingerprint density at radius 2 is 1.88 bits per heavy atom. The summed E-state index contributed by atoms with van der Waals surface area (Å²) in [6.07, 6.45) is 0.0802. The number of hydrogen-bond acceptors (Lipinski definition) is 6. The molecule has 0 saturated carbocycles. The number of carbonyl (C=O) groups is 2. The van der Waals surface area contributed by atoms with E-state index in [1.54, 1.807) is 29.6 Å². The molecular formula is C18H13ClFNO3S2. The number of thiophene rings is 1. The Morgan fingerprint density at radius 1 is 1.12 bits per heavy atom. The predicted molar refractivity (Wildman–Crippen MR) is 100 cm³/mol. The summed E-state index contributed by atoms with van der Waals surface area (Å²) in [5.74, 6) is -0.901. The largest absolute Gasteiger partial charge is 0.459 e. The van der Waals surface area contributed by atoms with Crippen LogP contribution in [0.2, 0.25) is 4.34 Å². The maximum absolute atomic E-state index is 13.0. The number of esters is 1. The molecule has 0 N–H and O–H groups in total. The number of benzene rings is 1. The SMILES string of the molecule is O=C(CCC(=O)c1ccc(Cl)s1)OCc1csc(-c2ccc(F)cc2)n1. The zero-order valence-corrected chi connectivity index (χ0v) is 15.8. The highest BCUT2D eigenvalue weighted by atomic mass is 35.5. The monoisotopic (exact) mass is 409 g/mol. The summed E-state index contributed by atoms with van der Waals surface area (Å²) in [7, 11) is 0. The first kappa shape index (κ1) is 18.7. The molecule has 0 unspecified atom stereocenters. The summed E-state index contributed by atoms with van der Waals surface area (Å²) in [6.45, 7) is 0.0373. The quantitative estimate of drug-likeness (QED) is 0.389. The Labute approximate surface area is 162 Å². The summed E-state index contributed by atoms with van der Waals surface area (Å²) < 4.78 is 18.6. The Kier molecular flexibility index (Phi) is 6.13. The van der Waals surface area contributed by atoms with E-state index >= 15 is 0 Å². The van der Waals surface area contributed by atoms with Gasteiger partial charge in [0.1, 0.15) is 17.4 Å². The van der Waals surface area contributed by atoms with Crippen molar-refractivity contribution in [2.24, 2.45) is 0 Å². The number of Topliss-reactive ketones (excluding diaryl/α,β-unsaturated/α-hetero) is 1. The molecule has 2 aromatic heterocycles. The molecule has 2 heterocycles. The van der Waals surface area contributed by atoms with E-state index in [0.29, 0.717) is 14.9 Å². The van der Waals surface area contributed by atoms with E-state index < -0.39 is 5.97 Å². The average Bonchev–Trinajstić information content (AvgIpc) is 3.27. The molecule has 3 rings (SSSR count). The zero-order valence-electron chi connectivity index (χ0n) is 13.4. The van der Waals surface area contributed by atoms with Crippen LogP contribution in [0.1, 0.15) is 28.2 Å². The maximum atomic E-state index is 13.0. The fraction of sp³-hybridized carbons (Fsp3) is 0.167. The van der Waals surface area contributed by atoms with Crippen LogP contribution in [0.25, 0.3) is 10.6 Å². The molecule has 26 heavy (non-hydrogen) atoms. The number of carbonyl (C=O) groups excluding carboxylic acids is 2. The molecule has 3 aromatic rings. The zero-order chi connectivity index (χ0) is 18.5. The van der Waals surface area contributed by atoms with Gasteiger partial charge in [0.2, 0.25) is 0 Å². The van der Waals surface area contributed by atoms with E-state index in [1.165, 1.54) is 34.8 Å². The van der Waals surface area contributed by atoms with E-state index in [4.69, 9.17) is 16.3 Å². The summed E-state index contributed by atoms with van der Waals surface area (Å²) in [5.41, 5.74) is 1.41. The molecule has 0 saturated heterocycles. The molecule has 4 nitrogen and oxygen atoms in total. The van der Waals surface area contributed by atoms with E-state index in [9.17, 15) is 14.0 Å². The van der Waals surface area contributed by atoms with Crippen molar-refractivity contribution < 1.29 is 18.7 Å². The third kappa shape index (κ3) is 4.97. The average molecular weight is 410 g/mol. The lowest BCUT2D eigenvalue weighted by Gasteiger charge is -2.02. The van der Waals surface area contributed by atoms with Gasteiger partial charge < -0.3 is 4.74 Å². The van der Waals surface area contributed by atoms with Crippen molar-refractivity contribution in [3.05, 3.63) is 62.5 Å². The molecule has 0 aliphatic carbocycles. The molecule has 8 heteroatoms. The van der Waals surface area contributed by atoms with Crippen LogP contribution in [0.5, 0.6) is 0 Å².